The third kappa shape index (κ3) is 3.24. The number of ether oxygens (including phenoxy) is 1. The molecule has 7 nitrogen and oxygen atoms in total. The van der Waals surface area contributed by atoms with Crippen LogP contribution in [0, 0.1) is 0 Å². The summed E-state index contributed by atoms with van der Waals surface area (Å²) in [5, 5.41) is 12.6. The number of anilines is 1. The van der Waals surface area contributed by atoms with Crippen molar-refractivity contribution in [1.82, 2.24) is 5.16 Å². The van der Waals surface area contributed by atoms with Crippen LogP contribution in [0.1, 0.15) is 34.7 Å². The maximum Gasteiger partial charge on any atom is 0.341 e. The molecule has 0 atom stereocenters. The van der Waals surface area contributed by atoms with E-state index in [2.05, 4.69) is 5.16 Å². The van der Waals surface area contributed by atoms with Gasteiger partial charge in [0.15, 0.2) is 12.3 Å². The van der Waals surface area contributed by atoms with Crippen LogP contribution in [0.5, 0.6) is 5.75 Å². The minimum absolute atomic E-state index is 0.221. The molecule has 0 saturated heterocycles. The van der Waals surface area contributed by atoms with Crippen molar-refractivity contribution in [3.05, 3.63) is 41.3 Å². The van der Waals surface area contributed by atoms with Gasteiger partial charge in [0.2, 0.25) is 0 Å². The molecule has 1 amide bonds. The van der Waals surface area contributed by atoms with Crippen molar-refractivity contribution in [2.75, 3.05) is 18.6 Å². The van der Waals surface area contributed by atoms with Crippen LogP contribution in [0.4, 0.5) is 5.69 Å². The van der Waals surface area contributed by atoms with Gasteiger partial charge < -0.3 is 19.3 Å². The van der Waals surface area contributed by atoms with Crippen molar-refractivity contribution in [3.63, 3.8) is 0 Å². The summed E-state index contributed by atoms with van der Waals surface area (Å²) in [6.45, 7) is -0.404. The van der Waals surface area contributed by atoms with Gasteiger partial charge in [-0.1, -0.05) is 5.16 Å². The van der Waals surface area contributed by atoms with E-state index >= 15 is 0 Å². The van der Waals surface area contributed by atoms with Crippen LogP contribution in [0.15, 0.2) is 28.8 Å². The summed E-state index contributed by atoms with van der Waals surface area (Å²) >= 11 is 0. The van der Waals surface area contributed by atoms with Crippen molar-refractivity contribution < 1.29 is 24.0 Å². The number of carbonyl (C=O) groups excluding carboxylic acids is 1. The van der Waals surface area contributed by atoms with E-state index in [9.17, 15) is 9.59 Å². The fourth-order valence-electron chi connectivity index (χ4n) is 2.74. The maximum absolute atomic E-state index is 12.7. The molecule has 1 aliphatic rings. The average Bonchev–Trinajstić information content (AvgIpc) is 3.03. The molecule has 126 valence electrons. The van der Waals surface area contributed by atoms with Gasteiger partial charge in [-0.2, -0.15) is 0 Å². The van der Waals surface area contributed by atoms with E-state index in [-0.39, 0.29) is 5.91 Å². The zero-order valence-electron chi connectivity index (χ0n) is 13.3. The van der Waals surface area contributed by atoms with Gasteiger partial charge >= 0.3 is 5.97 Å². The minimum atomic E-state index is -1.04. The molecule has 1 heterocycles. The van der Waals surface area contributed by atoms with Gasteiger partial charge in [-0.15, -0.1) is 0 Å². The smallest absolute Gasteiger partial charge is 0.341 e. The monoisotopic (exact) mass is 330 g/mol. The van der Waals surface area contributed by atoms with E-state index in [1.807, 2.05) is 0 Å². The Balaban J connectivity index is 1.74. The molecule has 2 aromatic rings. The number of hydrogen-bond donors (Lipinski definition) is 1. The molecule has 1 N–H and O–H groups in total. The number of carboxylic acid groups (broad SMARTS) is 1. The Morgan fingerprint density at radius 3 is 2.67 bits per heavy atom. The summed E-state index contributed by atoms with van der Waals surface area (Å²) in [7, 11) is 1.67. The lowest BCUT2D eigenvalue weighted by atomic mass is 9.96. The third-order valence-electron chi connectivity index (χ3n) is 4.04. The molecule has 0 aliphatic heterocycles. The Hall–Kier alpha value is -2.83. The summed E-state index contributed by atoms with van der Waals surface area (Å²) < 4.78 is 10.4. The number of hydrogen-bond acceptors (Lipinski definition) is 5. The SMILES string of the molecule is CN(C(=O)c1noc2c1CCCC2)c1ccc(OCC(=O)O)cc1. The number of amides is 1. The Morgan fingerprint density at radius 2 is 1.96 bits per heavy atom. The first-order valence-corrected chi connectivity index (χ1v) is 7.76. The van der Waals surface area contributed by atoms with Gasteiger partial charge in [-0.3, -0.25) is 4.79 Å². The molecular formula is C17H18N2O5. The summed E-state index contributed by atoms with van der Waals surface area (Å²) in [6.07, 6.45) is 3.74. The molecular weight excluding hydrogens is 312 g/mol. The number of aliphatic carboxylic acids is 1. The lowest BCUT2D eigenvalue weighted by Crippen LogP contribution is -2.27. The quantitative estimate of drug-likeness (QED) is 0.904. The zero-order chi connectivity index (χ0) is 17.1. The Bertz CT molecular complexity index is 751. The predicted molar refractivity (Wildman–Crippen MR) is 85.5 cm³/mol. The first-order valence-electron chi connectivity index (χ1n) is 7.76. The number of aromatic nitrogens is 1. The molecule has 0 unspecified atom stereocenters. The Kier molecular flexibility index (Phi) is 4.50. The largest absolute Gasteiger partial charge is 0.482 e. The van der Waals surface area contributed by atoms with E-state index in [1.54, 1.807) is 31.3 Å². The molecule has 1 aromatic carbocycles. The average molecular weight is 330 g/mol. The number of carbonyl (C=O) groups is 2. The molecule has 0 fully saturated rings. The van der Waals surface area contributed by atoms with E-state index in [0.29, 0.717) is 17.1 Å². The highest BCUT2D eigenvalue weighted by Gasteiger charge is 2.26. The van der Waals surface area contributed by atoms with Crippen LogP contribution < -0.4 is 9.64 Å². The molecule has 3 rings (SSSR count). The second-order valence-electron chi connectivity index (χ2n) is 5.68. The molecule has 1 aliphatic carbocycles. The number of rotatable bonds is 5. The van der Waals surface area contributed by atoms with Crippen LogP contribution in [0.2, 0.25) is 0 Å². The molecule has 0 saturated carbocycles. The topological polar surface area (TPSA) is 92.9 Å². The second-order valence-corrected chi connectivity index (χ2v) is 5.68. The standard InChI is InChI=1S/C17H18N2O5/c1-19(11-6-8-12(9-7-11)23-10-15(20)21)17(22)16-13-4-2-3-5-14(13)24-18-16/h6-9H,2-5,10H2,1H3,(H,20,21). The molecule has 24 heavy (non-hydrogen) atoms. The van der Waals surface area contributed by atoms with Gasteiger partial charge in [0, 0.05) is 24.7 Å². The molecule has 0 radical (unpaired) electrons. The lowest BCUT2D eigenvalue weighted by molar-refractivity contribution is -0.139. The van der Waals surface area contributed by atoms with Crippen LogP contribution in [-0.2, 0) is 17.6 Å². The maximum atomic E-state index is 12.7. The molecule has 7 heteroatoms. The van der Waals surface area contributed by atoms with Crippen LogP contribution in [-0.4, -0.2) is 35.8 Å². The summed E-state index contributed by atoms with van der Waals surface area (Å²) in [4.78, 5) is 24.7. The highest BCUT2D eigenvalue weighted by molar-refractivity contribution is 6.05. The number of fused-ring (bicyclic) bond motifs is 1. The number of aryl methyl sites for hydroxylation is 1. The summed E-state index contributed by atoms with van der Waals surface area (Å²) in [6, 6.07) is 6.64. The predicted octanol–water partition coefficient (Wildman–Crippen LogP) is 2.29. The summed E-state index contributed by atoms with van der Waals surface area (Å²) in [5.74, 6) is -0.0143. The minimum Gasteiger partial charge on any atom is -0.482 e. The number of benzene rings is 1. The van der Waals surface area contributed by atoms with Crippen molar-refractivity contribution in [3.8, 4) is 5.75 Å². The van der Waals surface area contributed by atoms with Gasteiger partial charge in [-0.25, -0.2) is 4.79 Å². The first kappa shape index (κ1) is 16.0. The van der Waals surface area contributed by atoms with Gasteiger partial charge in [0.05, 0.1) is 0 Å². The highest BCUT2D eigenvalue weighted by Crippen LogP contribution is 2.26. The van der Waals surface area contributed by atoms with Crippen molar-refractivity contribution in [2.24, 2.45) is 0 Å². The van der Waals surface area contributed by atoms with Crippen molar-refractivity contribution in [2.45, 2.75) is 25.7 Å². The lowest BCUT2D eigenvalue weighted by Gasteiger charge is -2.17. The van der Waals surface area contributed by atoms with E-state index in [1.165, 1.54) is 4.90 Å². The number of carboxylic acids is 1. The van der Waals surface area contributed by atoms with Gasteiger partial charge in [0.25, 0.3) is 5.91 Å². The zero-order valence-corrected chi connectivity index (χ0v) is 13.3. The highest BCUT2D eigenvalue weighted by atomic mass is 16.5. The van der Waals surface area contributed by atoms with Gasteiger partial charge in [0.1, 0.15) is 11.5 Å². The van der Waals surface area contributed by atoms with Crippen molar-refractivity contribution in [1.29, 1.82) is 0 Å². The number of nitrogens with zero attached hydrogens (tertiary/aromatic N) is 2. The normalized spacial score (nSPS) is 13.2. The Labute approximate surface area is 138 Å². The van der Waals surface area contributed by atoms with Crippen LogP contribution >= 0.6 is 0 Å². The van der Waals surface area contributed by atoms with Crippen molar-refractivity contribution >= 4 is 17.6 Å². The van der Waals surface area contributed by atoms with Gasteiger partial charge in [-0.05, 0) is 43.5 Å². The van der Waals surface area contributed by atoms with Crippen LogP contribution in [0.25, 0.3) is 0 Å². The van der Waals surface area contributed by atoms with E-state index < -0.39 is 12.6 Å². The van der Waals surface area contributed by atoms with E-state index in [4.69, 9.17) is 14.4 Å². The Morgan fingerprint density at radius 1 is 1.25 bits per heavy atom. The fourth-order valence-corrected chi connectivity index (χ4v) is 2.74. The second kappa shape index (κ2) is 6.74. The fraction of sp³-hybridized carbons (Fsp3) is 0.353. The van der Waals surface area contributed by atoms with Crippen LogP contribution in [0.3, 0.4) is 0 Å². The summed E-state index contributed by atoms with van der Waals surface area (Å²) in [5.41, 5.74) is 1.95. The first-order chi connectivity index (χ1) is 11.6. The molecule has 0 spiro atoms. The molecule has 1 aromatic heterocycles. The molecule has 0 bridgehead atoms. The third-order valence-corrected chi connectivity index (χ3v) is 4.04. The van der Waals surface area contributed by atoms with E-state index in [0.717, 1.165) is 37.0 Å².